The molecule has 0 radical (unpaired) electrons. The predicted octanol–water partition coefficient (Wildman–Crippen LogP) is 5.77. The lowest BCUT2D eigenvalue weighted by atomic mass is 10.2. The van der Waals surface area contributed by atoms with Crippen LogP contribution in [0.4, 0.5) is 32.2 Å². The summed E-state index contributed by atoms with van der Waals surface area (Å²) in [4.78, 5) is 31.2. The highest BCUT2D eigenvalue weighted by molar-refractivity contribution is 6.41. The number of hydrogen-bond donors (Lipinski definition) is 1. The van der Waals surface area contributed by atoms with Gasteiger partial charge in [0, 0.05) is 25.7 Å². The number of methoxy groups -OCH3 is 2. The van der Waals surface area contributed by atoms with E-state index in [2.05, 4.69) is 20.2 Å². The van der Waals surface area contributed by atoms with Gasteiger partial charge in [0.1, 0.15) is 45.2 Å². The summed E-state index contributed by atoms with van der Waals surface area (Å²) in [6.07, 6.45) is 3.57. The minimum atomic E-state index is -0.605. The number of aromatic nitrogens is 2. The van der Waals surface area contributed by atoms with Crippen LogP contribution in [0.3, 0.4) is 0 Å². The number of carbonyl (C=O) groups excluding carboxylic acids is 1. The van der Waals surface area contributed by atoms with E-state index < -0.39 is 11.8 Å². The van der Waals surface area contributed by atoms with Crippen molar-refractivity contribution >= 4 is 52.2 Å². The summed E-state index contributed by atoms with van der Waals surface area (Å²) in [5.74, 6) is 0.508. The Kier molecular flexibility index (Phi) is 9.63. The fourth-order valence-electron chi connectivity index (χ4n) is 4.06. The molecule has 1 N–H and O–H groups in total. The lowest BCUT2D eigenvalue weighted by Gasteiger charge is -2.26. The predicted molar refractivity (Wildman–Crippen MR) is 149 cm³/mol. The van der Waals surface area contributed by atoms with Crippen LogP contribution >= 0.6 is 23.2 Å². The molecule has 1 fully saturated rings. The van der Waals surface area contributed by atoms with Crippen LogP contribution in [-0.4, -0.2) is 68.4 Å². The van der Waals surface area contributed by atoms with Crippen LogP contribution in [0.5, 0.6) is 11.5 Å². The second kappa shape index (κ2) is 13.1. The van der Waals surface area contributed by atoms with E-state index in [1.165, 1.54) is 55.8 Å². The zero-order valence-corrected chi connectivity index (χ0v) is 23.3. The number of anilines is 4. The van der Waals surface area contributed by atoms with Crippen LogP contribution < -0.4 is 24.8 Å². The molecule has 0 bridgehead atoms. The van der Waals surface area contributed by atoms with Crippen molar-refractivity contribution in [1.29, 1.82) is 0 Å². The number of carbonyl (C=O) groups is 1. The first-order valence-corrected chi connectivity index (χ1v) is 13.0. The Bertz CT molecular complexity index is 1280. The number of halogens is 3. The lowest BCUT2D eigenvalue weighted by Crippen LogP contribution is -2.32. The smallest absolute Gasteiger partial charge is 0.327 e. The quantitative estimate of drug-likeness (QED) is 0.303. The maximum absolute atomic E-state index is 14.8. The minimum Gasteiger partial charge on any atom is -0.495 e. The first-order valence-electron chi connectivity index (χ1n) is 12.2. The molecule has 1 saturated heterocycles. The van der Waals surface area contributed by atoms with Crippen molar-refractivity contribution in [1.82, 2.24) is 14.9 Å². The Labute approximate surface area is 236 Å². The molecule has 39 heavy (non-hydrogen) atoms. The average Bonchev–Trinajstić information content (AvgIpc) is 3.47. The number of benzene rings is 2. The number of nitrogens with zero attached hydrogens (tertiary/aromatic N) is 5. The third kappa shape index (κ3) is 6.62. The third-order valence-electron chi connectivity index (χ3n) is 6.20. The van der Waals surface area contributed by atoms with E-state index in [0.29, 0.717) is 13.2 Å². The number of rotatable bonds is 10. The molecule has 13 heteroatoms. The second-order valence-electron chi connectivity index (χ2n) is 8.64. The Morgan fingerprint density at radius 1 is 1.05 bits per heavy atom. The van der Waals surface area contributed by atoms with Crippen LogP contribution in [0.25, 0.3) is 0 Å². The Hall–Kier alpha value is -3.38. The van der Waals surface area contributed by atoms with E-state index >= 15 is 0 Å². The van der Waals surface area contributed by atoms with E-state index in [1.807, 2.05) is 0 Å². The van der Waals surface area contributed by atoms with Gasteiger partial charge in [-0.3, -0.25) is 9.74 Å². The molecule has 0 spiro atoms. The monoisotopic (exact) mass is 578 g/mol. The number of hydrogen-bond acceptors (Lipinski definition) is 8. The SMILES string of the molecule is COc1cc(OC)c(Cl)c(NC(=O)N(C)c2cc(N(OCCN3CCCC3)c3ccccc3F)ncn2)c1Cl. The summed E-state index contributed by atoms with van der Waals surface area (Å²) in [5.41, 5.74) is 0.289. The zero-order valence-electron chi connectivity index (χ0n) is 21.8. The first-order chi connectivity index (χ1) is 18.8. The highest BCUT2D eigenvalue weighted by atomic mass is 35.5. The summed E-state index contributed by atoms with van der Waals surface area (Å²) < 4.78 is 25.3. The maximum Gasteiger partial charge on any atom is 0.327 e. The topological polar surface area (TPSA) is 92.3 Å². The van der Waals surface area contributed by atoms with Gasteiger partial charge in [0.15, 0.2) is 5.82 Å². The molecular weight excluding hydrogens is 550 g/mol. The van der Waals surface area contributed by atoms with Gasteiger partial charge in [0.25, 0.3) is 0 Å². The van der Waals surface area contributed by atoms with Gasteiger partial charge in [-0.1, -0.05) is 35.3 Å². The Balaban J connectivity index is 1.58. The molecular formula is C26H29Cl2FN6O4. The van der Waals surface area contributed by atoms with Crippen molar-refractivity contribution in [3.63, 3.8) is 0 Å². The lowest BCUT2D eigenvalue weighted by molar-refractivity contribution is 0.109. The van der Waals surface area contributed by atoms with Crippen LogP contribution in [0.1, 0.15) is 12.8 Å². The molecule has 3 aromatic rings. The van der Waals surface area contributed by atoms with Crippen LogP contribution in [0, 0.1) is 5.82 Å². The second-order valence-corrected chi connectivity index (χ2v) is 9.39. The number of nitrogens with one attached hydrogen (secondary N) is 1. The van der Waals surface area contributed by atoms with Crippen molar-refractivity contribution in [2.75, 3.05) is 62.8 Å². The van der Waals surface area contributed by atoms with Crippen LogP contribution in [-0.2, 0) is 4.84 Å². The van der Waals surface area contributed by atoms with Gasteiger partial charge in [-0.25, -0.2) is 24.2 Å². The molecule has 0 atom stereocenters. The summed E-state index contributed by atoms with van der Waals surface area (Å²) in [7, 11) is 4.37. The van der Waals surface area contributed by atoms with Gasteiger partial charge in [-0.15, -0.1) is 0 Å². The molecule has 1 aliphatic heterocycles. The summed E-state index contributed by atoms with van der Waals surface area (Å²) in [5, 5.41) is 4.19. The molecule has 1 aromatic heterocycles. The standard InChI is InChI=1S/C26H29Cl2FN6O4/c1-33(26(36)32-25-23(27)19(37-2)14-20(38-3)24(25)28)21-15-22(31-16-30-21)35(18-9-5-4-8-17(18)29)39-13-12-34-10-6-7-11-34/h4-5,8-9,14-16H,6-7,10-13H2,1-3H3,(H,32,36). The molecule has 0 unspecified atom stereocenters. The van der Waals surface area contributed by atoms with Crippen molar-refractivity contribution in [2.45, 2.75) is 12.8 Å². The number of para-hydroxylation sites is 1. The largest absolute Gasteiger partial charge is 0.495 e. The number of amides is 2. The van der Waals surface area contributed by atoms with Crippen LogP contribution in [0.2, 0.25) is 10.0 Å². The molecule has 2 heterocycles. The van der Waals surface area contributed by atoms with Crippen molar-refractivity contribution < 1.29 is 23.5 Å². The summed E-state index contributed by atoms with van der Waals surface area (Å²) in [6.45, 7) is 3.02. The maximum atomic E-state index is 14.8. The molecule has 2 amide bonds. The van der Waals surface area contributed by atoms with Gasteiger partial charge >= 0.3 is 6.03 Å². The highest BCUT2D eigenvalue weighted by Gasteiger charge is 2.23. The zero-order chi connectivity index (χ0) is 27.9. The van der Waals surface area contributed by atoms with Gasteiger partial charge < -0.3 is 19.7 Å². The fourth-order valence-corrected chi connectivity index (χ4v) is 4.66. The fraction of sp³-hybridized carbons (Fsp3) is 0.346. The number of likely N-dealkylation sites (tertiary alicyclic amines) is 1. The van der Waals surface area contributed by atoms with Crippen molar-refractivity contribution in [2.24, 2.45) is 0 Å². The minimum absolute atomic E-state index is 0.102. The molecule has 0 saturated carbocycles. The highest BCUT2D eigenvalue weighted by Crippen LogP contribution is 2.44. The average molecular weight is 579 g/mol. The molecule has 10 nitrogen and oxygen atoms in total. The van der Waals surface area contributed by atoms with Gasteiger partial charge in [-0.2, -0.15) is 0 Å². The first kappa shape index (κ1) is 28.6. The van der Waals surface area contributed by atoms with E-state index in [0.717, 1.165) is 25.9 Å². The van der Waals surface area contributed by atoms with Gasteiger partial charge in [-0.05, 0) is 38.1 Å². The number of urea groups is 1. The van der Waals surface area contributed by atoms with Crippen molar-refractivity contribution in [3.8, 4) is 11.5 Å². The molecule has 208 valence electrons. The Morgan fingerprint density at radius 3 is 2.33 bits per heavy atom. The van der Waals surface area contributed by atoms with Gasteiger partial charge in [0.05, 0.1) is 26.5 Å². The molecule has 0 aliphatic carbocycles. The molecule has 2 aromatic carbocycles. The van der Waals surface area contributed by atoms with E-state index in [-0.39, 0.29) is 44.6 Å². The summed E-state index contributed by atoms with van der Waals surface area (Å²) >= 11 is 12.8. The van der Waals surface area contributed by atoms with E-state index in [4.69, 9.17) is 37.5 Å². The summed E-state index contributed by atoms with van der Waals surface area (Å²) in [6, 6.07) is 8.64. The van der Waals surface area contributed by atoms with Gasteiger partial charge in [0.2, 0.25) is 0 Å². The van der Waals surface area contributed by atoms with E-state index in [9.17, 15) is 9.18 Å². The van der Waals surface area contributed by atoms with Crippen molar-refractivity contribution in [3.05, 3.63) is 58.6 Å². The van der Waals surface area contributed by atoms with E-state index in [1.54, 1.807) is 18.2 Å². The van der Waals surface area contributed by atoms with Crippen LogP contribution in [0.15, 0.2) is 42.7 Å². The molecule has 4 rings (SSSR count). The Morgan fingerprint density at radius 2 is 1.69 bits per heavy atom. The third-order valence-corrected chi connectivity index (χ3v) is 6.95. The molecule has 1 aliphatic rings. The normalized spacial score (nSPS) is 13.3. The number of ether oxygens (including phenoxy) is 2.